The molecule has 2 aromatic rings. The van der Waals surface area contributed by atoms with Crippen molar-refractivity contribution in [2.75, 3.05) is 0 Å². The minimum atomic E-state index is -0.273. The molecular weight excluding hydrogens is 331 g/mol. The summed E-state index contributed by atoms with van der Waals surface area (Å²) < 4.78 is 14.8. The van der Waals surface area contributed by atoms with Gasteiger partial charge in [0.15, 0.2) is 0 Å². The maximum Gasteiger partial charge on any atom is 0.129 e. The van der Waals surface area contributed by atoms with E-state index in [1.165, 1.54) is 11.6 Å². The van der Waals surface area contributed by atoms with E-state index in [0.717, 1.165) is 10.0 Å². The summed E-state index contributed by atoms with van der Waals surface area (Å²) in [5, 5.41) is 0. The molecule has 1 atom stereocenters. The van der Waals surface area contributed by atoms with Crippen LogP contribution in [0, 0.1) is 5.82 Å². The molecule has 0 saturated heterocycles. The van der Waals surface area contributed by atoms with E-state index in [0.29, 0.717) is 17.9 Å². The van der Waals surface area contributed by atoms with Crippen LogP contribution in [0.25, 0.3) is 0 Å². The Kier molecular flexibility index (Phi) is 5.51. The Morgan fingerprint density at radius 2 is 1.81 bits per heavy atom. The Bertz CT molecular complexity index is 576. The van der Waals surface area contributed by atoms with Crippen LogP contribution in [0.5, 0.6) is 0 Å². The van der Waals surface area contributed by atoms with Crippen molar-refractivity contribution >= 4 is 15.9 Å². The lowest BCUT2D eigenvalue weighted by molar-refractivity contribution is 0.508. The highest BCUT2D eigenvalue weighted by molar-refractivity contribution is 9.10. The van der Waals surface area contributed by atoms with Crippen molar-refractivity contribution < 1.29 is 4.39 Å². The van der Waals surface area contributed by atoms with Crippen molar-refractivity contribution in [1.29, 1.82) is 0 Å². The molecule has 4 heteroatoms. The minimum absolute atomic E-state index is 0.258. The van der Waals surface area contributed by atoms with E-state index in [2.05, 4.69) is 59.5 Å². The fourth-order valence-electron chi connectivity index (χ4n) is 2.36. The summed E-state index contributed by atoms with van der Waals surface area (Å²) in [5.74, 6) is 5.88. The van der Waals surface area contributed by atoms with Crippen LogP contribution in [-0.2, 0) is 6.42 Å². The molecule has 2 aromatic carbocycles. The third-order valence-electron chi connectivity index (χ3n) is 3.64. The number of rotatable bonds is 5. The van der Waals surface area contributed by atoms with E-state index in [4.69, 9.17) is 5.84 Å². The number of benzene rings is 2. The highest BCUT2D eigenvalue weighted by Gasteiger charge is 2.18. The van der Waals surface area contributed by atoms with E-state index in [9.17, 15) is 4.39 Å². The molecule has 0 aliphatic rings. The molecule has 0 heterocycles. The fraction of sp³-hybridized carbons (Fsp3) is 0.294. The molecule has 21 heavy (non-hydrogen) atoms. The average Bonchev–Trinajstić information content (AvgIpc) is 2.46. The molecule has 0 radical (unpaired) electrons. The molecule has 112 valence electrons. The zero-order valence-corrected chi connectivity index (χ0v) is 13.8. The van der Waals surface area contributed by atoms with E-state index in [1.54, 1.807) is 6.07 Å². The van der Waals surface area contributed by atoms with Crippen molar-refractivity contribution in [3.05, 3.63) is 69.4 Å². The summed E-state index contributed by atoms with van der Waals surface area (Å²) in [5.41, 5.74) is 5.70. The van der Waals surface area contributed by atoms with E-state index in [-0.39, 0.29) is 11.9 Å². The van der Waals surface area contributed by atoms with Crippen LogP contribution in [0.3, 0.4) is 0 Å². The normalized spacial score (nSPS) is 12.7. The van der Waals surface area contributed by atoms with Gasteiger partial charge in [-0.25, -0.2) is 4.39 Å². The van der Waals surface area contributed by atoms with Crippen LogP contribution < -0.4 is 11.3 Å². The topological polar surface area (TPSA) is 38.0 Å². The lowest BCUT2D eigenvalue weighted by Crippen LogP contribution is -2.30. The summed E-state index contributed by atoms with van der Waals surface area (Å²) in [4.78, 5) is 0. The Morgan fingerprint density at radius 3 is 2.33 bits per heavy atom. The van der Waals surface area contributed by atoms with Crippen LogP contribution in [0.2, 0.25) is 0 Å². The first-order valence-corrected chi connectivity index (χ1v) is 7.81. The van der Waals surface area contributed by atoms with Gasteiger partial charge in [0, 0.05) is 10.0 Å². The van der Waals surface area contributed by atoms with Crippen molar-refractivity contribution in [3.8, 4) is 0 Å². The van der Waals surface area contributed by atoms with Gasteiger partial charge in [0.2, 0.25) is 0 Å². The monoisotopic (exact) mass is 350 g/mol. The summed E-state index contributed by atoms with van der Waals surface area (Å²) in [6, 6.07) is 13.1. The van der Waals surface area contributed by atoms with Gasteiger partial charge in [-0.1, -0.05) is 60.1 Å². The van der Waals surface area contributed by atoms with Crippen LogP contribution >= 0.6 is 15.9 Å². The van der Waals surface area contributed by atoms with Crippen LogP contribution in [0.15, 0.2) is 46.9 Å². The van der Waals surface area contributed by atoms with Crippen molar-refractivity contribution in [2.45, 2.75) is 32.2 Å². The third-order valence-corrected chi connectivity index (χ3v) is 4.33. The predicted molar refractivity (Wildman–Crippen MR) is 88.4 cm³/mol. The van der Waals surface area contributed by atoms with Gasteiger partial charge < -0.3 is 0 Å². The highest BCUT2D eigenvalue weighted by atomic mass is 79.9. The molecule has 0 spiro atoms. The van der Waals surface area contributed by atoms with E-state index < -0.39 is 0 Å². The lowest BCUT2D eigenvalue weighted by Gasteiger charge is -2.19. The van der Waals surface area contributed by atoms with Gasteiger partial charge in [-0.05, 0) is 35.6 Å². The molecule has 0 fully saturated rings. The second kappa shape index (κ2) is 7.16. The van der Waals surface area contributed by atoms with Gasteiger partial charge in [0.05, 0.1) is 6.04 Å². The van der Waals surface area contributed by atoms with Crippen molar-refractivity contribution in [3.63, 3.8) is 0 Å². The number of hydrogen-bond acceptors (Lipinski definition) is 2. The van der Waals surface area contributed by atoms with Crippen molar-refractivity contribution in [2.24, 2.45) is 5.84 Å². The molecule has 0 aliphatic heterocycles. The van der Waals surface area contributed by atoms with Gasteiger partial charge in [0.25, 0.3) is 0 Å². The van der Waals surface area contributed by atoms with Crippen molar-refractivity contribution in [1.82, 2.24) is 5.43 Å². The summed E-state index contributed by atoms with van der Waals surface area (Å²) in [7, 11) is 0. The second-order valence-electron chi connectivity index (χ2n) is 5.45. The number of hydrazine groups is 1. The average molecular weight is 351 g/mol. The molecule has 0 saturated carbocycles. The summed E-state index contributed by atoms with van der Waals surface area (Å²) in [6.45, 7) is 4.32. The van der Waals surface area contributed by atoms with Gasteiger partial charge in [-0.15, -0.1) is 0 Å². The van der Waals surface area contributed by atoms with Gasteiger partial charge in [-0.3, -0.25) is 11.3 Å². The molecule has 0 bridgehead atoms. The van der Waals surface area contributed by atoms with Crippen LogP contribution in [-0.4, -0.2) is 0 Å². The van der Waals surface area contributed by atoms with Gasteiger partial charge >= 0.3 is 0 Å². The van der Waals surface area contributed by atoms with E-state index in [1.807, 2.05) is 6.07 Å². The molecule has 1 unspecified atom stereocenters. The van der Waals surface area contributed by atoms with Gasteiger partial charge in [-0.2, -0.15) is 0 Å². The largest absolute Gasteiger partial charge is 0.271 e. The molecule has 2 nitrogen and oxygen atoms in total. The minimum Gasteiger partial charge on any atom is -0.271 e. The predicted octanol–water partition coefficient (Wildman–Crippen LogP) is 4.46. The van der Waals surface area contributed by atoms with Crippen LogP contribution in [0.1, 0.15) is 42.5 Å². The maximum atomic E-state index is 14.0. The molecule has 3 N–H and O–H groups in total. The van der Waals surface area contributed by atoms with E-state index >= 15 is 0 Å². The first-order valence-electron chi connectivity index (χ1n) is 7.01. The van der Waals surface area contributed by atoms with Crippen LogP contribution in [0.4, 0.5) is 4.39 Å². The Morgan fingerprint density at radius 1 is 1.14 bits per heavy atom. The Hall–Kier alpha value is -1.23. The summed E-state index contributed by atoms with van der Waals surface area (Å²) >= 11 is 3.40. The zero-order chi connectivity index (χ0) is 15.4. The third kappa shape index (κ3) is 3.90. The Balaban J connectivity index is 2.23. The first kappa shape index (κ1) is 16.1. The SMILES string of the molecule is CC(C)c1ccc(CC(NN)c2c(F)cccc2Br)cc1. The highest BCUT2D eigenvalue weighted by Crippen LogP contribution is 2.28. The molecule has 0 aromatic heterocycles. The molecular formula is C17H20BrFN2. The maximum absolute atomic E-state index is 14.0. The molecule has 2 rings (SSSR count). The number of nitrogens with two attached hydrogens (primary N) is 1. The quantitative estimate of drug-likeness (QED) is 0.617. The standard InChI is InChI=1S/C17H20BrFN2/c1-11(2)13-8-6-12(7-9-13)10-16(21-20)17-14(18)4-3-5-15(17)19/h3-9,11,16,21H,10,20H2,1-2H3. The smallest absolute Gasteiger partial charge is 0.129 e. The number of hydrogen-bond donors (Lipinski definition) is 2. The summed E-state index contributed by atoms with van der Waals surface area (Å²) in [6.07, 6.45) is 0.633. The zero-order valence-electron chi connectivity index (χ0n) is 12.2. The number of nitrogens with one attached hydrogen (secondary N) is 1. The fourth-order valence-corrected chi connectivity index (χ4v) is 2.98. The molecule has 0 amide bonds. The molecule has 0 aliphatic carbocycles. The van der Waals surface area contributed by atoms with Gasteiger partial charge in [0.1, 0.15) is 5.82 Å². The first-order chi connectivity index (χ1) is 10.0. The Labute approximate surface area is 133 Å². The number of halogens is 2. The lowest BCUT2D eigenvalue weighted by atomic mass is 9.96. The second-order valence-corrected chi connectivity index (χ2v) is 6.31.